The van der Waals surface area contributed by atoms with Gasteiger partial charge in [0.1, 0.15) is 5.54 Å². The van der Waals surface area contributed by atoms with E-state index in [1.165, 1.54) is 12.3 Å². The number of hydrogen-bond donors (Lipinski definition) is 2. The molecule has 6 heteroatoms. The third-order valence-electron chi connectivity index (χ3n) is 3.78. The summed E-state index contributed by atoms with van der Waals surface area (Å²) in [6.07, 6.45) is 4.63. The Bertz CT molecular complexity index is 535. The number of rotatable bonds is 3. The van der Waals surface area contributed by atoms with Gasteiger partial charge in [-0.15, -0.1) is 0 Å². The molecule has 20 heavy (non-hydrogen) atoms. The van der Waals surface area contributed by atoms with E-state index in [-0.39, 0.29) is 11.5 Å². The SMILES string of the molecule is CC1CCCC(NC(=O)c2ccncc2F)(C(=O)O)C1. The highest BCUT2D eigenvalue weighted by atomic mass is 19.1. The quantitative estimate of drug-likeness (QED) is 0.887. The number of aliphatic carboxylic acids is 1. The highest BCUT2D eigenvalue weighted by Gasteiger charge is 2.43. The Kier molecular flexibility index (Phi) is 4.01. The molecule has 0 radical (unpaired) electrons. The van der Waals surface area contributed by atoms with Crippen LogP contribution in [-0.2, 0) is 4.79 Å². The van der Waals surface area contributed by atoms with E-state index in [0.717, 1.165) is 19.0 Å². The molecule has 1 saturated carbocycles. The lowest BCUT2D eigenvalue weighted by Crippen LogP contribution is -2.56. The zero-order valence-corrected chi connectivity index (χ0v) is 11.2. The van der Waals surface area contributed by atoms with Crippen LogP contribution in [0.15, 0.2) is 18.5 Å². The van der Waals surface area contributed by atoms with Crippen LogP contribution >= 0.6 is 0 Å². The highest BCUT2D eigenvalue weighted by molar-refractivity contribution is 5.98. The average Bonchev–Trinajstić information content (AvgIpc) is 2.38. The molecule has 1 aromatic rings. The monoisotopic (exact) mass is 280 g/mol. The number of pyridine rings is 1. The Morgan fingerprint density at radius 2 is 2.30 bits per heavy atom. The topological polar surface area (TPSA) is 79.3 Å². The smallest absolute Gasteiger partial charge is 0.329 e. The van der Waals surface area contributed by atoms with Crippen molar-refractivity contribution in [2.75, 3.05) is 0 Å². The normalized spacial score (nSPS) is 26.0. The van der Waals surface area contributed by atoms with Crippen molar-refractivity contribution in [3.05, 3.63) is 29.8 Å². The molecular formula is C14H17FN2O3. The summed E-state index contributed by atoms with van der Waals surface area (Å²) in [4.78, 5) is 27.2. The molecule has 0 saturated heterocycles. The molecule has 2 atom stereocenters. The van der Waals surface area contributed by atoms with Gasteiger partial charge in [-0.1, -0.05) is 19.8 Å². The van der Waals surface area contributed by atoms with Gasteiger partial charge in [0.2, 0.25) is 0 Å². The van der Waals surface area contributed by atoms with Crippen LogP contribution in [0.25, 0.3) is 0 Å². The Labute approximate surface area is 116 Å². The average molecular weight is 280 g/mol. The molecule has 1 amide bonds. The van der Waals surface area contributed by atoms with E-state index in [2.05, 4.69) is 10.3 Å². The molecule has 0 bridgehead atoms. The predicted molar refractivity (Wildman–Crippen MR) is 69.7 cm³/mol. The molecule has 1 heterocycles. The Balaban J connectivity index is 2.23. The van der Waals surface area contributed by atoms with Gasteiger partial charge in [-0.3, -0.25) is 9.78 Å². The van der Waals surface area contributed by atoms with Crippen molar-refractivity contribution in [1.29, 1.82) is 0 Å². The van der Waals surface area contributed by atoms with Gasteiger partial charge in [-0.05, 0) is 24.8 Å². The lowest BCUT2D eigenvalue weighted by Gasteiger charge is -2.37. The molecule has 108 valence electrons. The first-order chi connectivity index (χ1) is 9.44. The van der Waals surface area contributed by atoms with Crippen molar-refractivity contribution in [2.45, 2.75) is 38.1 Å². The molecule has 0 aliphatic heterocycles. The summed E-state index contributed by atoms with van der Waals surface area (Å²) in [6, 6.07) is 1.24. The number of nitrogens with one attached hydrogen (secondary N) is 1. The van der Waals surface area contributed by atoms with E-state index < -0.39 is 23.2 Å². The van der Waals surface area contributed by atoms with E-state index in [1.807, 2.05) is 6.92 Å². The van der Waals surface area contributed by atoms with E-state index in [0.29, 0.717) is 12.8 Å². The summed E-state index contributed by atoms with van der Waals surface area (Å²) in [5, 5.41) is 12.0. The van der Waals surface area contributed by atoms with Crippen molar-refractivity contribution in [1.82, 2.24) is 10.3 Å². The van der Waals surface area contributed by atoms with Crippen LogP contribution in [0.5, 0.6) is 0 Å². The summed E-state index contributed by atoms with van der Waals surface area (Å²) in [6.45, 7) is 1.95. The predicted octanol–water partition coefficient (Wildman–Crippen LogP) is 1.98. The molecule has 0 spiro atoms. The Morgan fingerprint density at radius 1 is 1.55 bits per heavy atom. The maximum atomic E-state index is 13.5. The highest BCUT2D eigenvalue weighted by Crippen LogP contribution is 2.32. The van der Waals surface area contributed by atoms with E-state index in [4.69, 9.17) is 0 Å². The first-order valence-corrected chi connectivity index (χ1v) is 6.60. The lowest BCUT2D eigenvalue weighted by molar-refractivity contribution is -0.146. The third-order valence-corrected chi connectivity index (χ3v) is 3.78. The fourth-order valence-corrected chi connectivity index (χ4v) is 2.76. The van der Waals surface area contributed by atoms with Crippen LogP contribution in [0, 0.1) is 11.7 Å². The van der Waals surface area contributed by atoms with Crippen molar-refractivity contribution in [3.63, 3.8) is 0 Å². The molecule has 1 aromatic heterocycles. The Hall–Kier alpha value is -1.98. The van der Waals surface area contributed by atoms with E-state index in [9.17, 15) is 19.1 Å². The van der Waals surface area contributed by atoms with Crippen molar-refractivity contribution >= 4 is 11.9 Å². The standard InChI is InChI=1S/C14H17FN2O3/c1-9-3-2-5-14(7-9,13(19)20)17-12(18)10-4-6-16-8-11(10)15/h4,6,8-9H,2-3,5,7H2,1H3,(H,17,18)(H,19,20). The van der Waals surface area contributed by atoms with Crippen molar-refractivity contribution < 1.29 is 19.1 Å². The summed E-state index contributed by atoms with van der Waals surface area (Å²) < 4.78 is 13.5. The number of carboxylic acids is 1. The lowest BCUT2D eigenvalue weighted by atomic mass is 9.76. The van der Waals surface area contributed by atoms with Crippen LogP contribution in [0.1, 0.15) is 43.0 Å². The molecule has 1 fully saturated rings. The maximum Gasteiger partial charge on any atom is 0.329 e. The minimum absolute atomic E-state index is 0.182. The molecule has 2 unspecified atom stereocenters. The minimum atomic E-state index is -1.30. The van der Waals surface area contributed by atoms with Crippen LogP contribution in [-0.4, -0.2) is 27.5 Å². The second kappa shape index (κ2) is 5.56. The molecule has 5 nitrogen and oxygen atoms in total. The molecule has 1 aliphatic rings. The number of carbonyl (C=O) groups excluding carboxylic acids is 1. The number of halogens is 1. The van der Waals surface area contributed by atoms with Crippen molar-refractivity contribution in [2.24, 2.45) is 5.92 Å². The molecular weight excluding hydrogens is 263 g/mol. The maximum absolute atomic E-state index is 13.5. The first-order valence-electron chi connectivity index (χ1n) is 6.60. The number of aromatic nitrogens is 1. The molecule has 1 aliphatic carbocycles. The van der Waals surface area contributed by atoms with Gasteiger partial charge in [-0.25, -0.2) is 9.18 Å². The number of hydrogen-bond acceptors (Lipinski definition) is 3. The van der Waals surface area contributed by atoms with Crippen LogP contribution in [0.4, 0.5) is 4.39 Å². The van der Waals surface area contributed by atoms with Crippen LogP contribution in [0.2, 0.25) is 0 Å². The third kappa shape index (κ3) is 2.79. The number of carboxylic acid groups (broad SMARTS) is 1. The second-order valence-corrected chi connectivity index (χ2v) is 5.40. The van der Waals surface area contributed by atoms with Crippen LogP contribution < -0.4 is 5.32 Å². The molecule has 2 rings (SSSR count). The molecule has 2 N–H and O–H groups in total. The summed E-state index contributed by atoms with van der Waals surface area (Å²) in [5.74, 6) is -2.31. The number of nitrogens with zero attached hydrogens (tertiary/aromatic N) is 1. The van der Waals surface area contributed by atoms with Gasteiger partial charge in [0.15, 0.2) is 5.82 Å². The second-order valence-electron chi connectivity index (χ2n) is 5.40. The largest absolute Gasteiger partial charge is 0.480 e. The van der Waals surface area contributed by atoms with Gasteiger partial charge in [-0.2, -0.15) is 0 Å². The summed E-state index contributed by atoms with van der Waals surface area (Å²) in [7, 11) is 0. The van der Waals surface area contributed by atoms with Gasteiger partial charge in [0.25, 0.3) is 5.91 Å². The Morgan fingerprint density at radius 3 is 2.90 bits per heavy atom. The van der Waals surface area contributed by atoms with E-state index >= 15 is 0 Å². The first kappa shape index (κ1) is 14.4. The van der Waals surface area contributed by atoms with Crippen molar-refractivity contribution in [3.8, 4) is 0 Å². The summed E-state index contributed by atoms with van der Waals surface area (Å²) >= 11 is 0. The van der Waals surface area contributed by atoms with Gasteiger partial charge >= 0.3 is 5.97 Å². The number of carbonyl (C=O) groups is 2. The van der Waals surface area contributed by atoms with E-state index in [1.54, 1.807) is 0 Å². The zero-order chi connectivity index (χ0) is 14.8. The minimum Gasteiger partial charge on any atom is -0.480 e. The summed E-state index contributed by atoms with van der Waals surface area (Å²) in [5.41, 5.74) is -1.48. The van der Waals surface area contributed by atoms with Gasteiger partial charge < -0.3 is 10.4 Å². The van der Waals surface area contributed by atoms with Gasteiger partial charge in [0.05, 0.1) is 11.8 Å². The zero-order valence-electron chi connectivity index (χ0n) is 11.2. The molecule has 0 aromatic carbocycles. The van der Waals surface area contributed by atoms with Crippen LogP contribution in [0.3, 0.4) is 0 Å². The van der Waals surface area contributed by atoms with Gasteiger partial charge in [0, 0.05) is 6.20 Å². The fourth-order valence-electron chi connectivity index (χ4n) is 2.76. The number of amides is 1. The fraction of sp³-hybridized carbons (Fsp3) is 0.500.